The highest BCUT2D eigenvalue weighted by atomic mass is 19.4. The van der Waals surface area contributed by atoms with E-state index in [1.165, 1.54) is 6.07 Å². The Labute approximate surface area is 206 Å². The van der Waals surface area contributed by atoms with Gasteiger partial charge in [-0.05, 0) is 42.7 Å². The summed E-state index contributed by atoms with van der Waals surface area (Å²) in [5, 5.41) is 20.5. The van der Waals surface area contributed by atoms with Gasteiger partial charge in [-0.25, -0.2) is 0 Å². The van der Waals surface area contributed by atoms with Crippen LogP contribution in [0.4, 0.5) is 18.9 Å². The molecule has 2 atom stereocenters. The molecule has 2 unspecified atom stereocenters. The van der Waals surface area contributed by atoms with Gasteiger partial charge in [0.15, 0.2) is 0 Å². The van der Waals surface area contributed by atoms with Gasteiger partial charge in [-0.2, -0.15) is 18.4 Å². The fourth-order valence-electron chi connectivity index (χ4n) is 5.76. The van der Waals surface area contributed by atoms with E-state index in [9.17, 15) is 23.1 Å². The van der Waals surface area contributed by atoms with Gasteiger partial charge in [0.05, 0.1) is 23.8 Å². The number of anilines is 1. The van der Waals surface area contributed by atoms with E-state index in [2.05, 4.69) is 4.98 Å². The van der Waals surface area contributed by atoms with E-state index in [0.717, 1.165) is 22.5 Å². The first-order valence-corrected chi connectivity index (χ1v) is 12.0. The summed E-state index contributed by atoms with van der Waals surface area (Å²) in [6.07, 6.45) is -1.16. The molecule has 0 spiro atoms. The number of hydrogen-bond acceptors (Lipinski definition) is 4. The first-order valence-electron chi connectivity index (χ1n) is 12.0. The number of aliphatic hydroxyl groups excluding tert-OH is 1. The highest BCUT2D eigenvalue weighted by molar-refractivity contribution is 5.84. The molecule has 188 valence electrons. The summed E-state index contributed by atoms with van der Waals surface area (Å²) in [6, 6.07) is 13.3. The minimum absolute atomic E-state index is 0.0202. The number of H-pyrrole nitrogens is 1. The summed E-state index contributed by atoms with van der Waals surface area (Å²) < 4.78 is 40.4. The summed E-state index contributed by atoms with van der Waals surface area (Å²) in [5.41, 5.74) is 0.717. The second-order valence-electron chi connectivity index (χ2n) is 9.89. The van der Waals surface area contributed by atoms with Crippen molar-refractivity contribution in [2.75, 3.05) is 37.7 Å². The van der Waals surface area contributed by atoms with E-state index < -0.39 is 22.7 Å². The average molecular weight is 497 g/mol. The third-order valence-corrected chi connectivity index (χ3v) is 7.88. The van der Waals surface area contributed by atoms with Crippen LogP contribution in [0.15, 0.2) is 48.7 Å². The maximum absolute atomic E-state index is 13.5. The second-order valence-corrected chi connectivity index (χ2v) is 9.89. The zero-order chi connectivity index (χ0) is 25.5. The number of hydrogen-bond donors (Lipinski definition) is 2. The van der Waals surface area contributed by atoms with E-state index in [-0.39, 0.29) is 18.4 Å². The standard InChI is InChI=1S/C27H27F3N4O2/c28-27(29,30)23-11-21(7-5-18(23)12-31)33-10-9-26(17-35)16-34(15-20(26)14-33)25(36)8-6-19-13-32-24-4-2-1-3-22(19)24/h1-5,7,11,13,20,32,35H,6,8-10,14-17H2. The average Bonchev–Trinajstić information content (AvgIpc) is 3.48. The monoisotopic (exact) mass is 496 g/mol. The number of aromatic nitrogens is 1. The summed E-state index contributed by atoms with van der Waals surface area (Å²) in [7, 11) is 0. The Bertz CT molecular complexity index is 1330. The molecule has 36 heavy (non-hydrogen) atoms. The number of aliphatic hydroxyl groups is 1. The van der Waals surface area contributed by atoms with Crippen molar-refractivity contribution in [1.29, 1.82) is 5.26 Å². The molecule has 9 heteroatoms. The lowest BCUT2D eigenvalue weighted by Gasteiger charge is -2.43. The maximum Gasteiger partial charge on any atom is 0.417 e. The van der Waals surface area contributed by atoms with Crippen molar-refractivity contribution in [3.63, 3.8) is 0 Å². The molecule has 0 saturated carbocycles. The van der Waals surface area contributed by atoms with Gasteiger partial charge in [0, 0.05) is 66.7 Å². The highest BCUT2D eigenvalue weighted by Gasteiger charge is 2.50. The predicted molar refractivity (Wildman–Crippen MR) is 129 cm³/mol. The number of piperidine rings is 1. The van der Waals surface area contributed by atoms with Gasteiger partial charge < -0.3 is 19.9 Å². The number of alkyl halides is 3. The number of aryl methyl sites for hydroxylation is 1. The number of rotatable bonds is 5. The summed E-state index contributed by atoms with van der Waals surface area (Å²) in [5.74, 6) is -0.0370. The number of likely N-dealkylation sites (tertiary alicyclic amines) is 1. The smallest absolute Gasteiger partial charge is 0.396 e. The molecule has 0 aliphatic carbocycles. The van der Waals surface area contributed by atoms with Crippen molar-refractivity contribution >= 4 is 22.5 Å². The third-order valence-electron chi connectivity index (χ3n) is 7.88. The number of amides is 1. The van der Waals surface area contributed by atoms with Crippen LogP contribution in [0.3, 0.4) is 0 Å². The predicted octanol–water partition coefficient (Wildman–Crippen LogP) is 4.34. The normalized spacial score (nSPS) is 22.0. The topological polar surface area (TPSA) is 83.4 Å². The van der Waals surface area contributed by atoms with Crippen LogP contribution in [0.1, 0.15) is 29.5 Å². The van der Waals surface area contributed by atoms with Crippen molar-refractivity contribution in [3.8, 4) is 6.07 Å². The molecule has 3 heterocycles. The lowest BCUT2D eigenvalue weighted by Crippen LogP contribution is -2.49. The number of carbonyl (C=O) groups is 1. The van der Waals surface area contributed by atoms with Crippen LogP contribution in [0.25, 0.3) is 10.9 Å². The summed E-state index contributed by atoms with van der Waals surface area (Å²) in [4.78, 5) is 20.0. The molecule has 2 fully saturated rings. The van der Waals surface area contributed by atoms with Crippen molar-refractivity contribution in [3.05, 3.63) is 65.4 Å². The van der Waals surface area contributed by atoms with Gasteiger partial charge in [-0.1, -0.05) is 18.2 Å². The molecule has 0 radical (unpaired) electrons. The summed E-state index contributed by atoms with van der Waals surface area (Å²) >= 11 is 0. The number of benzene rings is 2. The Balaban J connectivity index is 1.28. The molecule has 3 aromatic rings. The second kappa shape index (κ2) is 9.17. The SMILES string of the molecule is N#Cc1ccc(N2CCC3(CO)CN(C(=O)CCc4c[nH]c5ccccc45)CC3C2)cc1C(F)(F)F. The number of fused-ring (bicyclic) bond motifs is 2. The van der Waals surface area contributed by atoms with Gasteiger partial charge in [0.25, 0.3) is 0 Å². The molecule has 2 aliphatic heterocycles. The van der Waals surface area contributed by atoms with Crippen LogP contribution in [-0.4, -0.2) is 53.7 Å². The van der Waals surface area contributed by atoms with Crippen LogP contribution in [0.5, 0.6) is 0 Å². The van der Waals surface area contributed by atoms with Gasteiger partial charge in [-0.3, -0.25) is 4.79 Å². The van der Waals surface area contributed by atoms with E-state index in [0.29, 0.717) is 51.1 Å². The molecule has 2 saturated heterocycles. The Morgan fingerprint density at radius 3 is 2.78 bits per heavy atom. The molecule has 5 rings (SSSR count). The van der Waals surface area contributed by atoms with Gasteiger partial charge in [0.1, 0.15) is 0 Å². The Morgan fingerprint density at radius 2 is 2.03 bits per heavy atom. The number of nitrogens with zero attached hydrogens (tertiary/aromatic N) is 3. The highest BCUT2D eigenvalue weighted by Crippen LogP contribution is 2.44. The zero-order valence-corrected chi connectivity index (χ0v) is 19.7. The van der Waals surface area contributed by atoms with Gasteiger partial charge in [-0.15, -0.1) is 0 Å². The first-order chi connectivity index (χ1) is 17.2. The van der Waals surface area contributed by atoms with Crippen molar-refractivity contribution < 1.29 is 23.1 Å². The lowest BCUT2D eigenvalue weighted by atomic mass is 9.73. The molecular formula is C27H27F3N4O2. The molecule has 1 amide bonds. The quantitative estimate of drug-likeness (QED) is 0.551. The van der Waals surface area contributed by atoms with Crippen LogP contribution in [0.2, 0.25) is 0 Å². The molecule has 2 N–H and O–H groups in total. The number of aromatic amines is 1. The van der Waals surface area contributed by atoms with E-state index in [4.69, 9.17) is 5.26 Å². The lowest BCUT2D eigenvalue weighted by molar-refractivity contribution is -0.137. The molecule has 6 nitrogen and oxygen atoms in total. The van der Waals surface area contributed by atoms with Crippen molar-refractivity contribution in [2.45, 2.75) is 25.4 Å². The molecule has 2 aromatic carbocycles. The van der Waals surface area contributed by atoms with Crippen molar-refractivity contribution in [2.24, 2.45) is 11.3 Å². The van der Waals surface area contributed by atoms with Gasteiger partial charge in [0.2, 0.25) is 5.91 Å². The molecule has 1 aromatic heterocycles. The third kappa shape index (κ3) is 4.30. The minimum Gasteiger partial charge on any atom is -0.396 e. The maximum atomic E-state index is 13.5. The minimum atomic E-state index is -4.62. The number of nitrogens with one attached hydrogen (secondary N) is 1. The number of nitriles is 1. The number of carbonyl (C=O) groups excluding carboxylic acids is 1. The fourth-order valence-corrected chi connectivity index (χ4v) is 5.76. The van der Waals surface area contributed by atoms with Gasteiger partial charge >= 0.3 is 6.18 Å². The molecular weight excluding hydrogens is 469 g/mol. The van der Waals surface area contributed by atoms with Crippen LogP contribution < -0.4 is 4.90 Å². The van der Waals surface area contributed by atoms with E-state index in [1.807, 2.05) is 35.4 Å². The zero-order valence-electron chi connectivity index (χ0n) is 19.7. The molecule has 2 aliphatic rings. The number of para-hydroxylation sites is 1. The van der Waals surface area contributed by atoms with Crippen LogP contribution in [0, 0.1) is 22.7 Å². The Hall–Kier alpha value is -3.51. The summed E-state index contributed by atoms with van der Waals surface area (Å²) in [6.45, 7) is 1.76. The van der Waals surface area contributed by atoms with Crippen molar-refractivity contribution in [1.82, 2.24) is 9.88 Å². The first kappa shape index (κ1) is 24.2. The fraction of sp³-hybridized carbons (Fsp3) is 0.407. The largest absolute Gasteiger partial charge is 0.417 e. The van der Waals surface area contributed by atoms with Crippen LogP contribution in [-0.2, 0) is 17.4 Å². The number of halogens is 3. The van der Waals surface area contributed by atoms with Crippen LogP contribution >= 0.6 is 0 Å². The van der Waals surface area contributed by atoms with E-state index in [1.54, 1.807) is 17.0 Å². The molecule has 0 bridgehead atoms. The Morgan fingerprint density at radius 1 is 1.22 bits per heavy atom. The van der Waals surface area contributed by atoms with E-state index >= 15 is 0 Å². The Kier molecular flexibility index (Phi) is 6.17.